The Morgan fingerprint density at radius 2 is 1.94 bits per heavy atom. The molecule has 1 rings (SSSR count). The first kappa shape index (κ1) is 15.4. The number of alkyl halides is 3. The number of hydrogen-bond acceptors (Lipinski definition) is 1. The average Bonchev–Trinajstić information content (AvgIpc) is 2.21. The van der Waals surface area contributed by atoms with Crippen LogP contribution in [0.5, 0.6) is 0 Å². The molecule has 0 fully saturated rings. The zero-order valence-corrected chi connectivity index (χ0v) is 11.3. The summed E-state index contributed by atoms with van der Waals surface area (Å²) in [6.45, 7) is 1.81. The second-order valence-corrected chi connectivity index (χ2v) is 5.02. The Labute approximate surface area is 114 Å². The van der Waals surface area contributed by atoms with Crippen LogP contribution in [0.2, 0.25) is 10.0 Å². The Hall–Kier alpha value is -0.610. The fourth-order valence-corrected chi connectivity index (χ4v) is 1.90. The Morgan fingerprint density at radius 1 is 1.28 bits per heavy atom. The molecule has 0 aromatic heterocycles. The van der Waals surface area contributed by atoms with Crippen LogP contribution >= 0.6 is 23.2 Å². The van der Waals surface area contributed by atoms with Crippen LogP contribution in [0.15, 0.2) is 18.2 Å². The maximum absolute atomic E-state index is 12.0. The summed E-state index contributed by atoms with van der Waals surface area (Å²) in [5.41, 5.74) is 0.642. The van der Waals surface area contributed by atoms with E-state index in [-0.39, 0.29) is 12.5 Å². The van der Waals surface area contributed by atoms with Gasteiger partial charge in [-0.05, 0) is 38.0 Å². The standard InChI is InChI=1S/C12H14Cl2F3N/c1-8(3-2-6-12(15,16)17)18-11-7-9(13)4-5-10(11)14/h4-5,7-8,18H,2-3,6H2,1H3. The van der Waals surface area contributed by atoms with Gasteiger partial charge in [0.05, 0.1) is 10.7 Å². The van der Waals surface area contributed by atoms with Crippen molar-refractivity contribution in [2.24, 2.45) is 0 Å². The summed E-state index contributed by atoms with van der Waals surface area (Å²) in [5.74, 6) is 0. The van der Waals surface area contributed by atoms with Crippen molar-refractivity contribution in [3.63, 3.8) is 0 Å². The van der Waals surface area contributed by atoms with E-state index in [1.54, 1.807) is 18.2 Å². The lowest BCUT2D eigenvalue weighted by Gasteiger charge is -2.17. The summed E-state index contributed by atoms with van der Waals surface area (Å²) >= 11 is 11.8. The van der Waals surface area contributed by atoms with Crippen molar-refractivity contribution in [2.45, 2.75) is 38.4 Å². The molecule has 1 atom stereocenters. The van der Waals surface area contributed by atoms with Gasteiger partial charge in [0.1, 0.15) is 0 Å². The van der Waals surface area contributed by atoms with Gasteiger partial charge >= 0.3 is 6.18 Å². The summed E-state index contributed by atoms with van der Waals surface area (Å²) in [6.07, 6.45) is -4.34. The largest absolute Gasteiger partial charge is 0.389 e. The molecule has 0 heterocycles. The summed E-state index contributed by atoms with van der Waals surface area (Å²) in [4.78, 5) is 0. The predicted octanol–water partition coefficient (Wildman–Crippen LogP) is 5.53. The van der Waals surface area contributed by atoms with Crippen molar-refractivity contribution in [1.82, 2.24) is 0 Å². The minimum absolute atomic E-state index is 0.0931. The first-order chi connectivity index (χ1) is 8.28. The molecule has 0 aliphatic heterocycles. The van der Waals surface area contributed by atoms with Gasteiger partial charge in [-0.15, -0.1) is 0 Å². The van der Waals surface area contributed by atoms with Gasteiger partial charge in [-0.2, -0.15) is 13.2 Å². The van der Waals surface area contributed by atoms with Gasteiger partial charge in [0.15, 0.2) is 0 Å². The Morgan fingerprint density at radius 3 is 2.56 bits per heavy atom. The second kappa shape index (κ2) is 6.53. The van der Waals surface area contributed by atoms with Crippen molar-refractivity contribution in [3.05, 3.63) is 28.2 Å². The highest BCUT2D eigenvalue weighted by Crippen LogP contribution is 2.27. The van der Waals surface area contributed by atoms with Crippen molar-refractivity contribution < 1.29 is 13.2 Å². The predicted molar refractivity (Wildman–Crippen MR) is 69.5 cm³/mol. The maximum Gasteiger partial charge on any atom is 0.389 e. The third-order valence-electron chi connectivity index (χ3n) is 2.43. The molecule has 0 bridgehead atoms. The number of halogens is 5. The molecule has 6 heteroatoms. The normalized spacial score (nSPS) is 13.4. The van der Waals surface area contributed by atoms with E-state index in [1.165, 1.54) is 0 Å². The van der Waals surface area contributed by atoms with Gasteiger partial charge in [0, 0.05) is 17.5 Å². The van der Waals surface area contributed by atoms with Crippen LogP contribution in [0.25, 0.3) is 0 Å². The molecule has 102 valence electrons. The Bertz CT molecular complexity index is 393. The van der Waals surface area contributed by atoms with E-state index in [4.69, 9.17) is 23.2 Å². The summed E-state index contributed by atoms with van der Waals surface area (Å²) in [6, 6.07) is 4.87. The van der Waals surface area contributed by atoms with E-state index in [0.717, 1.165) is 0 Å². The highest BCUT2D eigenvalue weighted by Gasteiger charge is 2.26. The highest BCUT2D eigenvalue weighted by molar-refractivity contribution is 6.35. The van der Waals surface area contributed by atoms with Crippen LogP contribution in [0.4, 0.5) is 18.9 Å². The number of hydrogen-bond donors (Lipinski definition) is 1. The summed E-state index contributed by atoms with van der Waals surface area (Å²) < 4.78 is 36.0. The number of anilines is 1. The molecule has 0 aliphatic carbocycles. The van der Waals surface area contributed by atoms with Gasteiger partial charge in [-0.1, -0.05) is 23.2 Å². The lowest BCUT2D eigenvalue weighted by molar-refractivity contribution is -0.135. The van der Waals surface area contributed by atoms with Crippen molar-refractivity contribution in [1.29, 1.82) is 0 Å². The summed E-state index contributed by atoms with van der Waals surface area (Å²) in [5, 5.41) is 4.09. The van der Waals surface area contributed by atoms with Crippen LogP contribution in [-0.4, -0.2) is 12.2 Å². The summed E-state index contributed by atoms with van der Waals surface area (Å²) in [7, 11) is 0. The smallest absolute Gasteiger partial charge is 0.381 e. The Kier molecular flexibility index (Phi) is 5.60. The van der Waals surface area contributed by atoms with E-state index in [9.17, 15) is 13.2 Å². The van der Waals surface area contributed by atoms with E-state index < -0.39 is 12.6 Å². The quantitative estimate of drug-likeness (QED) is 0.754. The van der Waals surface area contributed by atoms with Crippen LogP contribution in [0, 0.1) is 0 Å². The molecule has 0 aliphatic rings. The van der Waals surface area contributed by atoms with Gasteiger partial charge in [0.2, 0.25) is 0 Å². The molecule has 0 amide bonds. The van der Waals surface area contributed by atoms with Crippen LogP contribution < -0.4 is 5.32 Å². The van der Waals surface area contributed by atoms with Crippen molar-refractivity contribution in [3.8, 4) is 0 Å². The fraction of sp³-hybridized carbons (Fsp3) is 0.500. The van der Waals surface area contributed by atoms with Crippen LogP contribution in [-0.2, 0) is 0 Å². The minimum Gasteiger partial charge on any atom is -0.381 e. The minimum atomic E-state index is -4.09. The lowest BCUT2D eigenvalue weighted by Crippen LogP contribution is -2.17. The third-order valence-corrected chi connectivity index (χ3v) is 2.99. The lowest BCUT2D eigenvalue weighted by atomic mass is 10.1. The number of rotatable bonds is 5. The molecule has 0 spiro atoms. The molecule has 1 unspecified atom stereocenters. The molecule has 1 aromatic carbocycles. The molecule has 0 saturated carbocycles. The SMILES string of the molecule is CC(CCCC(F)(F)F)Nc1cc(Cl)ccc1Cl. The molecular formula is C12H14Cl2F3N. The molecule has 1 N–H and O–H groups in total. The van der Waals surface area contributed by atoms with E-state index in [0.29, 0.717) is 22.2 Å². The highest BCUT2D eigenvalue weighted by atomic mass is 35.5. The number of nitrogens with one attached hydrogen (secondary N) is 1. The zero-order valence-electron chi connectivity index (χ0n) is 9.82. The van der Waals surface area contributed by atoms with Crippen molar-refractivity contribution in [2.75, 3.05) is 5.32 Å². The van der Waals surface area contributed by atoms with E-state index >= 15 is 0 Å². The maximum atomic E-state index is 12.0. The Balaban J connectivity index is 2.44. The van der Waals surface area contributed by atoms with Crippen molar-refractivity contribution >= 4 is 28.9 Å². The van der Waals surface area contributed by atoms with Gasteiger partial charge in [-0.3, -0.25) is 0 Å². The molecule has 1 aromatic rings. The topological polar surface area (TPSA) is 12.0 Å². The van der Waals surface area contributed by atoms with E-state index in [2.05, 4.69) is 5.32 Å². The number of benzene rings is 1. The molecular weight excluding hydrogens is 286 g/mol. The first-order valence-electron chi connectivity index (χ1n) is 5.56. The molecule has 18 heavy (non-hydrogen) atoms. The molecule has 0 saturated heterocycles. The fourth-order valence-electron chi connectivity index (χ4n) is 1.55. The van der Waals surface area contributed by atoms with Gasteiger partial charge in [0.25, 0.3) is 0 Å². The van der Waals surface area contributed by atoms with Gasteiger partial charge in [-0.25, -0.2) is 0 Å². The molecule has 1 nitrogen and oxygen atoms in total. The first-order valence-corrected chi connectivity index (χ1v) is 6.32. The average molecular weight is 300 g/mol. The van der Waals surface area contributed by atoms with Gasteiger partial charge < -0.3 is 5.32 Å². The van der Waals surface area contributed by atoms with E-state index in [1.807, 2.05) is 6.92 Å². The second-order valence-electron chi connectivity index (χ2n) is 4.18. The van der Waals surface area contributed by atoms with Crippen LogP contribution in [0.3, 0.4) is 0 Å². The van der Waals surface area contributed by atoms with Crippen LogP contribution in [0.1, 0.15) is 26.2 Å². The zero-order chi connectivity index (χ0) is 13.8. The monoisotopic (exact) mass is 299 g/mol. The third kappa shape index (κ3) is 5.83. The molecule has 0 radical (unpaired) electrons.